The zero-order chi connectivity index (χ0) is 9.45. The molecule has 4 heteroatoms. The molecule has 12 heavy (non-hydrogen) atoms. The van der Waals surface area contributed by atoms with Crippen LogP contribution in [0.25, 0.3) is 0 Å². The number of thiol groups is 1. The Morgan fingerprint density at radius 3 is 2.25 bits per heavy atom. The molecule has 0 aliphatic rings. The second-order valence-corrected chi connectivity index (χ2v) is 6.43. The Balaban J connectivity index is 3.06. The second kappa shape index (κ2) is 6.99. The van der Waals surface area contributed by atoms with Crippen LogP contribution in [0.3, 0.4) is 0 Å². The molecule has 0 aromatic carbocycles. The van der Waals surface area contributed by atoms with Gasteiger partial charge >= 0.3 is 0 Å². The summed E-state index contributed by atoms with van der Waals surface area (Å²) in [7, 11) is -2.24. The van der Waals surface area contributed by atoms with Gasteiger partial charge in [0.1, 0.15) is 0 Å². The molecule has 2 nitrogen and oxygen atoms in total. The van der Waals surface area contributed by atoms with Crippen LogP contribution in [0.4, 0.5) is 0 Å². The number of hydrogen-bond acceptors (Lipinski definition) is 3. The Kier molecular flexibility index (Phi) is 7.31. The van der Waals surface area contributed by atoms with E-state index >= 15 is 0 Å². The van der Waals surface area contributed by atoms with E-state index < -0.39 is 7.37 Å². The van der Waals surface area contributed by atoms with Gasteiger partial charge in [0.05, 0.1) is 6.61 Å². The van der Waals surface area contributed by atoms with Crippen LogP contribution < -0.4 is 0 Å². The van der Waals surface area contributed by atoms with Gasteiger partial charge in [0, 0.05) is 13.3 Å². The first-order valence-electron chi connectivity index (χ1n) is 4.36. The van der Waals surface area contributed by atoms with Crippen molar-refractivity contribution in [3.63, 3.8) is 0 Å². The molecule has 0 heterocycles. The lowest BCUT2D eigenvalue weighted by Gasteiger charge is -2.07. The Bertz CT molecular complexity index is 144. The normalized spacial score (nSPS) is 11.9. The molecule has 0 aromatic rings. The summed E-state index contributed by atoms with van der Waals surface area (Å²) >= 11 is 4.12. The van der Waals surface area contributed by atoms with Gasteiger partial charge in [-0.2, -0.15) is 12.6 Å². The highest BCUT2D eigenvalue weighted by Crippen LogP contribution is 2.37. The molecule has 0 amide bonds. The van der Waals surface area contributed by atoms with Crippen LogP contribution in [0.1, 0.15) is 25.7 Å². The van der Waals surface area contributed by atoms with Gasteiger partial charge < -0.3 is 4.52 Å². The van der Waals surface area contributed by atoms with Gasteiger partial charge in [0.2, 0.25) is 0 Å². The molecule has 74 valence electrons. The SMILES string of the molecule is CP(C)(=O)OCCCCCCS. The van der Waals surface area contributed by atoms with Crippen molar-refractivity contribution < 1.29 is 9.09 Å². The molecule has 0 fully saturated rings. The minimum Gasteiger partial charge on any atom is -0.329 e. The Morgan fingerprint density at radius 1 is 1.17 bits per heavy atom. The van der Waals surface area contributed by atoms with Crippen molar-refractivity contribution in [2.75, 3.05) is 25.7 Å². The van der Waals surface area contributed by atoms with Crippen molar-refractivity contribution >= 4 is 20.0 Å². The Labute approximate surface area is 80.9 Å². The van der Waals surface area contributed by atoms with Crippen molar-refractivity contribution in [2.24, 2.45) is 0 Å². The van der Waals surface area contributed by atoms with E-state index in [4.69, 9.17) is 4.52 Å². The maximum atomic E-state index is 11.1. The molecule has 0 saturated heterocycles. The molecular formula is C8H19O2PS. The Hall–Kier alpha value is 0.540. The minimum absolute atomic E-state index is 0.636. The summed E-state index contributed by atoms with van der Waals surface area (Å²) in [4.78, 5) is 0. The van der Waals surface area contributed by atoms with Crippen molar-refractivity contribution in [3.05, 3.63) is 0 Å². The third-order valence-corrected chi connectivity index (χ3v) is 2.58. The van der Waals surface area contributed by atoms with Crippen LogP contribution in [0.2, 0.25) is 0 Å². The number of rotatable bonds is 7. The molecule has 0 bridgehead atoms. The summed E-state index contributed by atoms with van der Waals surface area (Å²) in [5, 5.41) is 0. The zero-order valence-corrected chi connectivity index (χ0v) is 9.74. The molecule has 0 aliphatic heterocycles. The third kappa shape index (κ3) is 10.5. The average molecular weight is 210 g/mol. The minimum atomic E-state index is -2.24. The number of unbranched alkanes of at least 4 members (excludes halogenated alkanes) is 3. The lowest BCUT2D eigenvalue weighted by molar-refractivity contribution is 0.309. The van der Waals surface area contributed by atoms with Gasteiger partial charge in [-0.25, -0.2) is 0 Å². The highest BCUT2D eigenvalue weighted by molar-refractivity contribution is 7.80. The van der Waals surface area contributed by atoms with Crippen molar-refractivity contribution in [2.45, 2.75) is 25.7 Å². The quantitative estimate of drug-likeness (QED) is 0.397. The summed E-state index contributed by atoms with van der Waals surface area (Å²) in [6.07, 6.45) is 4.53. The van der Waals surface area contributed by atoms with E-state index in [-0.39, 0.29) is 0 Å². The van der Waals surface area contributed by atoms with E-state index in [9.17, 15) is 4.57 Å². The first kappa shape index (κ1) is 12.5. The molecule has 0 spiro atoms. The van der Waals surface area contributed by atoms with Crippen LogP contribution in [-0.4, -0.2) is 25.7 Å². The summed E-state index contributed by atoms with van der Waals surface area (Å²) in [5.74, 6) is 0.959. The smallest absolute Gasteiger partial charge is 0.197 e. The van der Waals surface area contributed by atoms with Gasteiger partial charge in [-0.3, -0.25) is 4.57 Å². The van der Waals surface area contributed by atoms with Crippen LogP contribution in [-0.2, 0) is 9.09 Å². The summed E-state index contributed by atoms with van der Waals surface area (Å²) in [6.45, 7) is 3.94. The first-order chi connectivity index (χ1) is 5.56. The molecule has 0 rings (SSSR count). The summed E-state index contributed by atoms with van der Waals surface area (Å²) < 4.78 is 16.2. The summed E-state index contributed by atoms with van der Waals surface area (Å²) in [5.41, 5.74) is 0. The van der Waals surface area contributed by atoms with E-state index in [1.807, 2.05) is 0 Å². The molecule has 0 aliphatic carbocycles. The van der Waals surface area contributed by atoms with Crippen molar-refractivity contribution in [1.82, 2.24) is 0 Å². The van der Waals surface area contributed by atoms with Gasteiger partial charge in [0.15, 0.2) is 7.37 Å². The molecule has 0 atom stereocenters. The molecule has 0 saturated carbocycles. The number of hydrogen-bond donors (Lipinski definition) is 1. The fourth-order valence-electron chi connectivity index (χ4n) is 0.852. The largest absolute Gasteiger partial charge is 0.329 e. The maximum absolute atomic E-state index is 11.1. The molecule has 0 unspecified atom stereocenters. The van der Waals surface area contributed by atoms with Gasteiger partial charge in [-0.05, 0) is 18.6 Å². The van der Waals surface area contributed by atoms with Gasteiger partial charge in [-0.1, -0.05) is 12.8 Å². The predicted molar refractivity (Wildman–Crippen MR) is 57.7 cm³/mol. The molecule has 0 aromatic heterocycles. The van der Waals surface area contributed by atoms with E-state index in [1.54, 1.807) is 13.3 Å². The molecular weight excluding hydrogens is 191 g/mol. The van der Waals surface area contributed by atoms with Gasteiger partial charge in [0.25, 0.3) is 0 Å². The highest BCUT2D eigenvalue weighted by atomic mass is 32.1. The third-order valence-electron chi connectivity index (χ3n) is 1.45. The fourth-order valence-corrected chi connectivity index (χ4v) is 1.64. The topological polar surface area (TPSA) is 26.3 Å². The van der Waals surface area contributed by atoms with E-state index in [0.29, 0.717) is 6.61 Å². The fraction of sp³-hybridized carbons (Fsp3) is 1.00. The van der Waals surface area contributed by atoms with E-state index in [2.05, 4.69) is 12.6 Å². The van der Waals surface area contributed by atoms with Crippen molar-refractivity contribution in [1.29, 1.82) is 0 Å². The van der Waals surface area contributed by atoms with E-state index in [1.165, 1.54) is 12.8 Å². The van der Waals surface area contributed by atoms with Crippen LogP contribution in [0, 0.1) is 0 Å². The lowest BCUT2D eigenvalue weighted by atomic mass is 10.2. The maximum Gasteiger partial charge on any atom is 0.197 e. The monoisotopic (exact) mass is 210 g/mol. The second-order valence-electron chi connectivity index (χ2n) is 3.22. The summed E-state index contributed by atoms with van der Waals surface area (Å²) in [6, 6.07) is 0. The highest BCUT2D eigenvalue weighted by Gasteiger charge is 2.04. The Morgan fingerprint density at radius 2 is 1.75 bits per heavy atom. The van der Waals surface area contributed by atoms with Crippen LogP contribution in [0.5, 0.6) is 0 Å². The standard InChI is InChI=1S/C8H19O2PS/c1-11(2,9)10-7-5-3-4-6-8-12/h12H,3-8H2,1-2H3. The molecule has 0 N–H and O–H groups in total. The predicted octanol–water partition coefficient (Wildman–Crippen LogP) is 3.03. The van der Waals surface area contributed by atoms with Crippen LogP contribution in [0.15, 0.2) is 0 Å². The first-order valence-corrected chi connectivity index (χ1v) is 7.52. The van der Waals surface area contributed by atoms with Crippen LogP contribution >= 0.6 is 20.0 Å². The lowest BCUT2D eigenvalue weighted by Crippen LogP contribution is -1.91. The van der Waals surface area contributed by atoms with E-state index in [0.717, 1.165) is 18.6 Å². The van der Waals surface area contributed by atoms with Gasteiger partial charge in [-0.15, -0.1) is 0 Å². The van der Waals surface area contributed by atoms with Crippen molar-refractivity contribution in [3.8, 4) is 0 Å². The average Bonchev–Trinajstić information content (AvgIpc) is 1.94. The molecule has 0 radical (unpaired) electrons. The zero-order valence-electron chi connectivity index (χ0n) is 7.95.